The molecule has 170 valence electrons. The number of rotatable bonds is 7. The zero-order valence-corrected chi connectivity index (χ0v) is 19.5. The van der Waals surface area contributed by atoms with Crippen molar-refractivity contribution in [2.75, 3.05) is 13.7 Å². The second-order valence-electron chi connectivity index (χ2n) is 10.2. The van der Waals surface area contributed by atoms with Crippen molar-refractivity contribution in [3.05, 3.63) is 102 Å². The van der Waals surface area contributed by atoms with Crippen LogP contribution in [0.15, 0.2) is 84.9 Å². The molecule has 3 aromatic rings. The Labute approximate surface area is 197 Å². The number of piperidine rings is 3. The van der Waals surface area contributed by atoms with E-state index in [4.69, 9.17) is 4.74 Å². The minimum absolute atomic E-state index is 0.0130. The lowest BCUT2D eigenvalue weighted by atomic mass is 9.60. The molecule has 4 heterocycles. The van der Waals surface area contributed by atoms with Gasteiger partial charge in [0.15, 0.2) is 0 Å². The van der Waals surface area contributed by atoms with Gasteiger partial charge in [0.1, 0.15) is 5.75 Å². The van der Waals surface area contributed by atoms with Crippen LogP contribution < -0.4 is 10.1 Å². The third-order valence-corrected chi connectivity index (χ3v) is 8.64. The fourth-order valence-corrected chi connectivity index (χ4v) is 7.20. The number of fused-ring (bicyclic) bond motifs is 1. The third kappa shape index (κ3) is 3.59. The first kappa shape index (κ1) is 20.9. The molecule has 4 aliphatic rings. The molecule has 0 radical (unpaired) electrons. The van der Waals surface area contributed by atoms with Crippen molar-refractivity contribution in [2.24, 2.45) is 5.92 Å². The van der Waals surface area contributed by atoms with Gasteiger partial charge in [-0.15, -0.1) is 0 Å². The molecular formula is C30H34N2O. The minimum atomic E-state index is -0.0130. The minimum Gasteiger partial charge on any atom is -0.496 e. The summed E-state index contributed by atoms with van der Waals surface area (Å²) in [6.45, 7) is 1.94. The highest BCUT2D eigenvalue weighted by molar-refractivity contribution is 5.40. The normalized spacial score (nSPS) is 30.0. The molecule has 1 N–H and O–H groups in total. The van der Waals surface area contributed by atoms with E-state index in [1.165, 1.54) is 42.4 Å². The summed E-state index contributed by atoms with van der Waals surface area (Å²) in [7, 11) is 1.78. The number of hydrogen-bond acceptors (Lipinski definition) is 3. The van der Waals surface area contributed by atoms with Gasteiger partial charge in [0.2, 0.25) is 0 Å². The van der Waals surface area contributed by atoms with E-state index in [0.29, 0.717) is 11.8 Å². The van der Waals surface area contributed by atoms with Gasteiger partial charge in [0, 0.05) is 42.2 Å². The van der Waals surface area contributed by atoms with Gasteiger partial charge in [-0.05, 0) is 48.8 Å². The summed E-state index contributed by atoms with van der Waals surface area (Å²) in [5.41, 5.74) is 4.05. The smallest absolute Gasteiger partial charge is 0.123 e. The number of nitrogens with one attached hydrogen (secondary N) is 1. The largest absolute Gasteiger partial charge is 0.496 e. The van der Waals surface area contributed by atoms with Crippen molar-refractivity contribution in [1.82, 2.24) is 10.2 Å². The molecule has 3 unspecified atom stereocenters. The summed E-state index contributed by atoms with van der Waals surface area (Å²) in [6, 6.07) is 32.4. The van der Waals surface area contributed by atoms with Gasteiger partial charge in [-0.2, -0.15) is 0 Å². The summed E-state index contributed by atoms with van der Waals surface area (Å²) in [5.74, 6) is 1.94. The first-order chi connectivity index (χ1) is 16.3. The summed E-state index contributed by atoms with van der Waals surface area (Å²) in [6.07, 6.45) is 5.38. The third-order valence-electron chi connectivity index (χ3n) is 8.64. The van der Waals surface area contributed by atoms with Crippen molar-refractivity contribution < 1.29 is 4.74 Å². The lowest BCUT2D eigenvalue weighted by Crippen LogP contribution is -2.71. The zero-order valence-electron chi connectivity index (χ0n) is 19.5. The maximum absolute atomic E-state index is 5.70. The molecule has 3 nitrogen and oxygen atoms in total. The molecule has 4 bridgehead atoms. The Morgan fingerprint density at radius 2 is 1.42 bits per heavy atom. The van der Waals surface area contributed by atoms with Crippen LogP contribution in [-0.2, 0) is 6.54 Å². The van der Waals surface area contributed by atoms with E-state index in [1.54, 1.807) is 7.11 Å². The van der Waals surface area contributed by atoms with E-state index in [0.717, 1.165) is 30.9 Å². The van der Waals surface area contributed by atoms with Gasteiger partial charge >= 0.3 is 0 Å². The number of ether oxygens (including phenoxy) is 1. The monoisotopic (exact) mass is 438 g/mol. The van der Waals surface area contributed by atoms with Crippen molar-refractivity contribution >= 4 is 0 Å². The molecule has 0 spiro atoms. The fraction of sp³-hybridized carbons (Fsp3) is 0.400. The zero-order chi connectivity index (χ0) is 22.3. The Kier molecular flexibility index (Phi) is 5.48. The van der Waals surface area contributed by atoms with Gasteiger partial charge in [-0.3, -0.25) is 4.90 Å². The lowest BCUT2D eigenvalue weighted by Gasteiger charge is -2.60. The highest BCUT2D eigenvalue weighted by Gasteiger charge is 2.58. The molecule has 3 atom stereocenters. The fourth-order valence-electron chi connectivity index (χ4n) is 7.20. The SMILES string of the molecule is COc1ccccc1CNC1(C(c2ccccc2)c2ccccc2)CN2C3CCC2CC1C3. The highest BCUT2D eigenvalue weighted by Crippen LogP contribution is 2.54. The van der Waals surface area contributed by atoms with Crippen LogP contribution in [0, 0.1) is 5.92 Å². The van der Waals surface area contributed by atoms with E-state index >= 15 is 0 Å². The number of nitrogens with zero attached hydrogens (tertiary/aromatic N) is 1. The molecule has 3 heteroatoms. The van der Waals surface area contributed by atoms with Crippen molar-refractivity contribution in [3.8, 4) is 5.75 Å². The molecule has 3 aromatic carbocycles. The average Bonchev–Trinajstić information content (AvgIpc) is 3.13. The van der Waals surface area contributed by atoms with Crippen LogP contribution in [0.25, 0.3) is 0 Å². The molecule has 4 saturated heterocycles. The van der Waals surface area contributed by atoms with Crippen LogP contribution >= 0.6 is 0 Å². The van der Waals surface area contributed by atoms with Gasteiger partial charge < -0.3 is 10.1 Å². The lowest BCUT2D eigenvalue weighted by molar-refractivity contribution is -0.0490. The molecular weight excluding hydrogens is 404 g/mol. The standard InChI is InChI=1S/C30H34N2O/c1-33-28-15-9-8-14-24(28)20-31-30(21-32-26-16-17-27(32)19-25(30)18-26)29(22-10-4-2-5-11-22)23-12-6-3-7-13-23/h2-15,25-27,29,31H,16-21H2,1H3. The van der Waals surface area contributed by atoms with E-state index in [9.17, 15) is 0 Å². The molecule has 0 saturated carbocycles. The van der Waals surface area contributed by atoms with Crippen molar-refractivity contribution in [3.63, 3.8) is 0 Å². The molecule has 7 rings (SSSR count). The van der Waals surface area contributed by atoms with E-state index < -0.39 is 0 Å². The topological polar surface area (TPSA) is 24.5 Å². The molecule has 0 amide bonds. The second kappa shape index (κ2) is 8.62. The van der Waals surface area contributed by atoms with E-state index in [-0.39, 0.29) is 5.54 Å². The van der Waals surface area contributed by atoms with Gasteiger partial charge in [-0.25, -0.2) is 0 Å². The quantitative estimate of drug-likeness (QED) is 0.519. The first-order valence-electron chi connectivity index (χ1n) is 12.5. The summed E-state index contributed by atoms with van der Waals surface area (Å²) >= 11 is 0. The number of hydrogen-bond donors (Lipinski definition) is 1. The summed E-state index contributed by atoms with van der Waals surface area (Å²) in [5, 5.41) is 4.20. The van der Waals surface area contributed by atoms with E-state index in [1.807, 2.05) is 0 Å². The predicted octanol–water partition coefficient (Wildman–Crippen LogP) is 5.61. The van der Waals surface area contributed by atoms with Crippen LogP contribution in [0.5, 0.6) is 5.75 Å². The summed E-state index contributed by atoms with van der Waals surface area (Å²) < 4.78 is 5.70. The van der Waals surface area contributed by atoms with Gasteiger partial charge in [0.25, 0.3) is 0 Å². The average molecular weight is 439 g/mol. The predicted molar refractivity (Wildman–Crippen MR) is 134 cm³/mol. The van der Waals surface area contributed by atoms with Gasteiger partial charge in [-0.1, -0.05) is 78.9 Å². The van der Waals surface area contributed by atoms with Crippen molar-refractivity contribution in [2.45, 2.75) is 55.8 Å². The molecule has 33 heavy (non-hydrogen) atoms. The van der Waals surface area contributed by atoms with Crippen LogP contribution in [0.4, 0.5) is 0 Å². The molecule has 4 fully saturated rings. The maximum Gasteiger partial charge on any atom is 0.123 e. The Morgan fingerprint density at radius 3 is 2.00 bits per heavy atom. The van der Waals surface area contributed by atoms with Crippen LogP contribution in [0.3, 0.4) is 0 Å². The Bertz CT molecular complexity index is 1030. The molecule has 0 aliphatic carbocycles. The second-order valence-corrected chi connectivity index (χ2v) is 10.2. The molecule has 4 aliphatic heterocycles. The van der Waals surface area contributed by atoms with E-state index in [2.05, 4.69) is 95.1 Å². The van der Waals surface area contributed by atoms with Gasteiger partial charge in [0.05, 0.1) is 7.11 Å². The first-order valence-corrected chi connectivity index (χ1v) is 12.5. The molecule has 0 aromatic heterocycles. The number of benzene rings is 3. The van der Waals surface area contributed by atoms with Crippen LogP contribution in [0.1, 0.15) is 48.3 Å². The Balaban J connectivity index is 1.45. The summed E-state index contributed by atoms with van der Waals surface area (Å²) in [4.78, 5) is 2.86. The number of methoxy groups -OCH3 is 1. The maximum atomic E-state index is 5.70. The Hall–Kier alpha value is -2.62. The Morgan fingerprint density at radius 1 is 0.848 bits per heavy atom. The number of para-hydroxylation sites is 1. The van der Waals surface area contributed by atoms with Crippen LogP contribution in [-0.4, -0.2) is 36.2 Å². The van der Waals surface area contributed by atoms with Crippen LogP contribution in [0.2, 0.25) is 0 Å². The highest BCUT2D eigenvalue weighted by atomic mass is 16.5. The van der Waals surface area contributed by atoms with Crippen molar-refractivity contribution in [1.29, 1.82) is 0 Å².